The van der Waals surface area contributed by atoms with E-state index in [4.69, 9.17) is 11.6 Å². The summed E-state index contributed by atoms with van der Waals surface area (Å²) in [6, 6.07) is 13.0. The van der Waals surface area contributed by atoms with Gasteiger partial charge in [0.15, 0.2) is 0 Å². The van der Waals surface area contributed by atoms with Gasteiger partial charge in [-0.15, -0.1) is 11.3 Å². The van der Waals surface area contributed by atoms with Crippen LogP contribution in [0.1, 0.15) is 44.0 Å². The first-order valence-corrected chi connectivity index (χ1v) is 8.53. The maximum absolute atomic E-state index is 6.28. The Morgan fingerprint density at radius 1 is 1.10 bits per heavy atom. The van der Waals surface area contributed by atoms with E-state index in [9.17, 15) is 0 Å². The lowest BCUT2D eigenvalue weighted by Crippen LogP contribution is -2.21. The molecule has 1 atom stereocenters. The lowest BCUT2D eigenvalue weighted by atomic mass is 10.1. The van der Waals surface area contributed by atoms with Crippen molar-refractivity contribution in [3.63, 3.8) is 0 Å². The van der Waals surface area contributed by atoms with Crippen molar-refractivity contribution in [1.29, 1.82) is 0 Å². The van der Waals surface area contributed by atoms with Crippen LogP contribution in [0.25, 0.3) is 10.4 Å². The van der Waals surface area contributed by atoms with Gasteiger partial charge < -0.3 is 5.32 Å². The highest BCUT2D eigenvalue weighted by atomic mass is 35.5. The summed E-state index contributed by atoms with van der Waals surface area (Å²) in [5, 5.41) is 4.47. The number of halogens is 1. The van der Waals surface area contributed by atoms with Crippen LogP contribution in [0, 0.1) is 0 Å². The van der Waals surface area contributed by atoms with Crippen LogP contribution in [-0.2, 0) is 0 Å². The van der Waals surface area contributed by atoms with E-state index in [2.05, 4.69) is 37.4 Å². The number of nitrogens with one attached hydrogen (secondary N) is 1. The van der Waals surface area contributed by atoms with Crippen LogP contribution < -0.4 is 5.32 Å². The molecule has 0 aliphatic carbocycles. The maximum atomic E-state index is 6.28. The van der Waals surface area contributed by atoms with Crippen LogP contribution in [0.5, 0.6) is 0 Å². The fourth-order valence-electron chi connectivity index (χ4n) is 2.30. The lowest BCUT2D eigenvalue weighted by Gasteiger charge is -2.16. The van der Waals surface area contributed by atoms with Gasteiger partial charge in [-0.05, 0) is 37.6 Å². The molecule has 0 radical (unpaired) electrons. The SMILES string of the molecule is CCCNC(CCC)c1ccc(-c2ccccc2Cl)s1. The van der Waals surface area contributed by atoms with E-state index in [-0.39, 0.29) is 0 Å². The standard InChI is InChI=1S/C17H22ClNS/c1-3-7-15(19-12-4-2)17-11-10-16(20-17)13-8-5-6-9-14(13)18/h5-6,8-11,15,19H,3-4,7,12H2,1-2H3. The molecule has 0 spiro atoms. The topological polar surface area (TPSA) is 12.0 Å². The van der Waals surface area contributed by atoms with Crippen LogP contribution in [0.2, 0.25) is 5.02 Å². The van der Waals surface area contributed by atoms with E-state index in [0.29, 0.717) is 6.04 Å². The molecule has 1 unspecified atom stereocenters. The van der Waals surface area contributed by atoms with Gasteiger partial charge in [0.25, 0.3) is 0 Å². The van der Waals surface area contributed by atoms with Gasteiger partial charge in [0.1, 0.15) is 0 Å². The van der Waals surface area contributed by atoms with Crippen LogP contribution in [0.15, 0.2) is 36.4 Å². The van der Waals surface area contributed by atoms with Gasteiger partial charge >= 0.3 is 0 Å². The fraction of sp³-hybridized carbons (Fsp3) is 0.412. The quantitative estimate of drug-likeness (QED) is 0.670. The first-order valence-electron chi connectivity index (χ1n) is 7.34. The molecular weight excluding hydrogens is 286 g/mol. The second kappa shape index (κ2) is 7.82. The highest BCUT2D eigenvalue weighted by Gasteiger charge is 2.13. The summed E-state index contributed by atoms with van der Waals surface area (Å²) in [7, 11) is 0. The zero-order valence-corrected chi connectivity index (χ0v) is 13.7. The predicted molar refractivity (Wildman–Crippen MR) is 90.7 cm³/mol. The van der Waals surface area contributed by atoms with Crippen molar-refractivity contribution in [2.75, 3.05) is 6.54 Å². The molecular formula is C17H22ClNS. The molecule has 108 valence electrons. The molecule has 1 nitrogen and oxygen atoms in total. The van der Waals surface area contributed by atoms with Crippen LogP contribution in [0.4, 0.5) is 0 Å². The van der Waals surface area contributed by atoms with E-state index >= 15 is 0 Å². The Kier molecular flexibility index (Phi) is 6.08. The number of thiophene rings is 1. The molecule has 0 saturated carbocycles. The number of hydrogen-bond donors (Lipinski definition) is 1. The second-order valence-corrected chi connectivity index (χ2v) is 6.50. The summed E-state index contributed by atoms with van der Waals surface area (Å²) >= 11 is 8.14. The van der Waals surface area contributed by atoms with E-state index < -0.39 is 0 Å². The third-order valence-electron chi connectivity index (χ3n) is 3.33. The third kappa shape index (κ3) is 3.85. The molecule has 1 N–H and O–H groups in total. The maximum Gasteiger partial charge on any atom is 0.0492 e. The number of hydrogen-bond acceptors (Lipinski definition) is 2. The average Bonchev–Trinajstić information content (AvgIpc) is 2.93. The third-order valence-corrected chi connectivity index (χ3v) is 4.89. The van der Waals surface area contributed by atoms with Gasteiger partial charge in [-0.3, -0.25) is 0 Å². The van der Waals surface area contributed by atoms with Crippen molar-refractivity contribution < 1.29 is 0 Å². The minimum absolute atomic E-state index is 0.473. The van der Waals surface area contributed by atoms with Crippen LogP contribution in [0.3, 0.4) is 0 Å². The molecule has 2 aromatic rings. The Hall–Kier alpha value is -0.830. The first kappa shape index (κ1) is 15.6. The highest BCUT2D eigenvalue weighted by Crippen LogP contribution is 2.36. The van der Waals surface area contributed by atoms with Crippen LogP contribution >= 0.6 is 22.9 Å². The normalized spacial score (nSPS) is 12.6. The van der Waals surface area contributed by atoms with Gasteiger partial charge in [-0.1, -0.05) is 50.1 Å². The Labute approximate surface area is 131 Å². The van der Waals surface area contributed by atoms with Crippen molar-refractivity contribution in [2.24, 2.45) is 0 Å². The van der Waals surface area contributed by atoms with Gasteiger partial charge in [0, 0.05) is 26.4 Å². The average molecular weight is 308 g/mol. The van der Waals surface area contributed by atoms with Gasteiger partial charge in [0.2, 0.25) is 0 Å². The molecule has 1 aromatic carbocycles. The summed E-state index contributed by atoms with van der Waals surface area (Å²) in [4.78, 5) is 2.67. The summed E-state index contributed by atoms with van der Waals surface area (Å²) in [6.07, 6.45) is 3.55. The fourth-order valence-corrected chi connectivity index (χ4v) is 3.75. The molecule has 2 rings (SSSR count). The molecule has 0 aliphatic heterocycles. The minimum Gasteiger partial charge on any atom is -0.309 e. The molecule has 3 heteroatoms. The summed E-state index contributed by atoms with van der Waals surface area (Å²) in [5.41, 5.74) is 1.14. The Morgan fingerprint density at radius 3 is 2.60 bits per heavy atom. The first-order chi connectivity index (χ1) is 9.76. The predicted octanol–water partition coefficient (Wildman–Crippen LogP) is 5.91. The van der Waals surface area contributed by atoms with Crippen molar-refractivity contribution in [2.45, 2.75) is 39.2 Å². The Morgan fingerprint density at radius 2 is 1.90 bits per heavy atom. The van der Waals surface area contributed by atoms with Crippen LogP contribution in [-0.4, -0.2) is 6.54 Å². The van der Waals surface area contributed by atoms with E-state index in [0.717, 1.165) is 17.1 Å². The van der Waals surface area contributed by atoms with Crippen molar-refractivity contribution in [1.82, 2.24) is 5.32 Å². The number of benzene rings is 1. The molecule has 0 bridgehead atoms. The Balaban J connectivity index is 2.20. The van der Waals surface area contributed by atoms with Gasteiger partial charge in [-0.2, -0.15) is 0 Å². The summed E-state index contributed by atoms with van der Waals surface area (Å²) < 4.78 is 0. The highest BCUT2D eigenvalue weighted by molar-refractivity contribution is 7.15. The molecule has 0 aliphatic rings. The Bertz CT molecular complexity index is 535. The molecule has 20 heavy (non-hydrogen) atoms. The van der Waals surface area contributed by atoms with E-state index in [1.807, 2.05) is 29.5 Å². The van der Waals surface area contributed by atoms with Crippen molar-refractivity contribution in [3.05, 3.63) is 46.3 Å². The van der Waals surface area contributed by atoms with Gasteiger partial charge in [-0.25, -0.2) is 0 Å². The second-order valence-electron chi connectivity index (χ2n) is 4.98. The lowest BCUT2D eigenvalue weighted by molar-refractivity contribution is 0.501. The molecule has 1 aromatic heterocycles. The van der Waals surface area contributed by atoms with Crippen molar-refractivity contribution >= 4 is 22.9 Å². The van der Waals surface area contributed by atoms with E-state index in [1.165, 1.54) is 29.0 Å². The largest absolute Gasteiger partial charge is 0.309 e. The van der Waals surface area contributed by atoms with E-state index in [1.54, 1.807) is 0 Å². The molecule has 0 amide bonds. The monoisotopic (exact) mass is 307 g/mol. The zero-order chi connectivity index (χ0) is 14.4. The zero-order valence-electron chi connectivity index (χ0n) is 12.2. The smallest absolute Gasteiger partial charge is 0.0492 e. The molecule has 0 saturated heterocycles. The summed E-state index contributed by atoms with van der Waals surface area (Å²) in [6.45, 7) is 5.52. The van der Waals surface area contributed by atoms with Crippen molar-refractivity contribution in [3.8, 4) is 10.4 Å². The molecule has 0 fully saturated rings. The number of rotatable bonds is 7. The van der Waals surface area contributed by atoms with Gasteiger partial charge in [0.05, 0.1) is 0 Å². The molecule has 1 heterocycles. The minimum atomic E-state index is 0.473. The summed E-state index contributed by atoms with van der Waals surface area (Å²) in [5.74, 6) is 0.